The molecule has 0 spiro atoms. The van der Waals surface area contributed by atoms with Gasteiger partial charge in [0.2, 0.25) is 0 Å². The van der Waals surface area contributed by atoms with E-state index in [0.717, 1.165) is 10.6 Å². The minimum Gasteiger partial charge on any atom is -1.00 e. The normalized spacial score (nSPS) is 10.9. The lowest BCUT2D eigenvalue weighted by molar-refractivity contribution is -0.00000871. The average Bonchev–Trinajstić information content (AvgIpc) is 2.53. The second-order valence-corrected chi connectivity index (χ2v) is 9.06. The Morgan fingerprint density at radius 3 is 1.73 bits per heavy atom. The maximum atomic E-state index is 12.8. The van der Waals surface area contributed by atoms with Gasteiger partial charge in [0.1, 0.15) is 10.6 Å². The highest BCUT2D eigenvalue weighted by atomic mass is 127. The van der Waals surface area contributed by atoms with Gasteiger partial charge in [-0.25, -0.2) is 4.79 Å². The molecule has 0 saturated carbocycles. The van der Waals surface area contributed by atoms with Crippen LogP contribution in [0.1, 0.15) is 13.8 Å². The van der Waals surface area contributed by atoms with E-state index in [1.54, 1.807) is 0 Å². The molecule has 0 heterocycles. The zero-order valence-corrected chi connectivity index (χ0v) is 16.3. The molecule has 0 N–H and O–H groups in total. The first-order valence-electron chi connectivity index (χ1n) is 7.20. The molecule has 0 fully saturated rings. The van der Waals surface area contributed by atoms with Crippen LogP contribution in [0.15, 0.2) is 60.7 Å². The van der Waals surface area contributed by atoms with Gasteiger partial charge in [0.15, 0.2) is 7.26 Å². The van der Waals surface area contributed by atoms with Gasteiger partial charge in [-0.15, -0.1) is 0 Å². The summed E-state index contributed by atoms with van der Waals surface area (Å²) in [5.74, 6) is 0.342. The Labute approximate surface area is 150 Å². The van der Waals surface area contributed by atoms with Crippen LogP contribution >= 0.6 is 7.26 Å². The third kappa shape index (κ3) is 4.30. The van der Waals surface area contributed by atoms with Crippen LogP contribution in [-0.4, -0.2) is 19.0 Å². The van der Waals surface area contributed by atoms with Gasteiger partial charge in [0.25, 0.3) is 0 Å². The van der Waals surface area contributed by atoms with E-state index in [1.165, 1.54) is 0 Å². The molecule has 2 nitrogen and oxygen atoms in total. The summed E-state index contributed by atoms with van der Waals surface area (Å²) in [5, 5.41) is 2.12. The van der Waals surface area contributed by atoms with Gasteiger partial charge in [-0.3, -0.25) is 0 Å². The summed E-state index contributed by atoms with van der Waals surface area (Å²) in [7, 11) is -2.18. The number of halogens is 1. The van der Waals surface area contributed by atoms with Gasteiger partial charge in [-0.2, -0.15) is 0 Å². The molecule has 0 aliphatic heterocycles. The lowest BCUT2D eigenvalue weighted by Gasteiger charge is -2.20. The zero-order chi connectivity index (χ0) is 15.3. The van der Waals surface area contributed by atoms with Crippen molar-refractivity contribution in [1.29, 1.82) is 0 Å². The fourth-order valence-corrected chi connectivity index (χ4v) is 4.77. The Hall–Kier alpha value is -0.930. The molecule has 118 valence electrons. The quantitative estimate of drug-likeness (QED) is 0.527. The van der Waals surface area contributed by atoms with E-state index in [4.69, 9.17) is 4.74 Å². The van der Waals surface area contributed by atoms with E-state index in [1.807, 2.05) is 81.2 Å². The van der Waals surface area contributed by atoms with Crippen molar-refractivity contribution in [3.05, 3.63) is 60.7 Å². The van der Waals surface area contributed by atoms with Gasteiger partial charge in [-0.05, 0) is 30.2 Å². The second kappa shape index (κ2) is 8.64. The summed E-state index contributed by atoms with van der Waals surface area (Å²) in [4.78, 5) is 12.8. The second-order valence-electron chi connectivity index (χ2n) is 5.65. The lowest BCUT2D eigenvalue weighted by Crippen LogP contribution is -3.00. The van der Waals surface area contributed by atoms with Crippen LogP contribution in [0, 0.1) is 5.92 Å². The predicted octanol–water partition coefficient (Wildman–Crippen LogP) is 1.08. The number of carbonyl (C=O) groups excluding carboxylic acids is 1. The molecular weight excluding hydrogens is 406 g/mol. The van der Waals surface area contributed by atoms with Crippen molar-refractivity contribution in [3.63, 3.8) is 0 Å². The first kappa shape index (κ1) is 19.1. The van der Waals surface area contributed by atoms with Crippen molar-refractivity contribution in [3.8, 4) is 0 Å². The highest BCUT2D eigenvalue weighted by Crippen LogP contribution is 2.54. The van der Waals surface area contributed by atoms with Crippen molar-refractivity contribution < 1.29 is 33.5 Å². The SMILES string of the molecule is CC(C)COC(=O)[P+](C)(c1ccccc1)c1ccccc1.[I-]. The predicted molar refractivity (Wildman–Crippen MR) is 91.2 cm³/mol. The summed E-state index contributed by atoms with van der Waals surface area (Å²) in [6, 6.07) is 20.0. The third-order valence-electron chi connectivity index (χ3n) is 3.45. The molecule has 4 heteroatoms. The Balaban J connectivity index is 0.00000242. The van der Waals surface area contributed by atoms with Gasteiger partial charge in [0, 0.05) is 0 Å². The number of hydrogen-bond acceptors (Lipinski definition) is 2. The van der Waals surface area contributed by atoms with Crippen LogP contribution in [0.3, 0.4) is 0 Å². The molecule has 0 atom stereocenters. The molecule has 0 bridgehead atoms. The molecule has 0 amide bonds. The number of hydrogen-bond donors (Lipinski definition) is 0. The monoisotopic (exact) mass is 428 g/mol. The van der Waals surface area contributed by atoms with Crippen molar-refractivity contribution >= 4 is 23.6 Å². The molecule has 2 rings (SSSR count). The van der Waals surface area contributed by atoms with Crippen molar-refractivity contribution in [2.75, 3.05) is 13.3 Å². The van der Waals surface area contributed by atoms with E-state index in [-0.39, 0.29) is 29.7 Å². The highest BCUT2D eigenvalue weighted by Gasteiger charge is 2.48. The van der Waals surface area contributed by atoms with Crippen LogP contribution in [0.5, 0.6) is 0 Å². The van der Waals surface area contributed by atoms with E-state index in [9.17, 15) is 4.79 Å². The van der Waals surface area contributed by atoms with Gasteiger partial charge in [-0.1, -0.05) is 50.2 Å². The Bertz CT molecular complexity index is 545. The molecule has 0 aromatic heterocycles. The van der Waals surface area contributed by atoms with E-state index in [0.29, 0.717) is 12.5 Å². The smallest absolute Gasteiger partial charge is 0.460 e. The van der Waals surface area contributed by atoms with E-state index < -0.39 is 7.26 Å². The third-order valence-corrected chi connectivity index (χ3v) is 6.97. The maximum Gasteiger partial charge on any atom is 0.460 e. The topological polar surface area (TPSA) is 26.3 Å². The number of rotatable bonds is 5. The molecule has 0 aliphatic carbocycles. The Morgan fingerprint density at radius 1 is 0.955 bits per heavy atom. The standard InChI is InChI=1S/C18H22O2P.HI/c1-15(2)14-20-18(19)21(3,16-10-6-4-7-11-16)17-12-8-5-9-13-17;/h4-13,15H,14H2,1-3H3;1H/q+1;/p-1. The van der Waals surface area contributed by atoms with Gasteiger partial charge < -0.3 is 28.7 Å². The molecule has 2 aromatic carbocycles. The summed E-state index contributed by atoms with van der Waals surface area (Å²) < 4.78 is 5.59. The van der Waals surface area contributed by atoms with Crippen molar-refractivity contribution in [2.24, 2.45) is 5.92 Å². The average molecular weight is 428 g/mol. The summed E-state index contributed by atoms with van der Waals surface area (Å²) in [6.07, 6.45) is 0. The first-order valence-corrected chi connectivity index (χ1v) is 9.44. The van der Waals surface area contributed by atoms with Gasteiger partial charge >= 0.3 is 5.71 Å². The molecule has 0 radical (unpaired) electrons. The minimum absolute atomic E-state index is 0. The van der Waals surface area contributed by atoms with Crippen molar-refractivity contribution in [2.45, 2.75) is 13.8 Å². The molecule has 0 unspecified atom stereocenters. The van der Waals surface area contributed by atoms with E-state index in [2.05, 4.69) is 0 Å². The molecule has 0 saturated heterocycles. The Kier molecular flexibility index (Phi) is 7.51. The fraction of sp³-hybridized carbons (Fsp3) is 0.278. The van der Waals surface area contributed by atoms with Gasteiger partial charge in [0.05, 0.1) is 13.3 Å². The molecule has 2 aromatic rings. The highest BCUT2D eigenvalue weighted by molar-refractivity contribution is 8.01. The molecule has 22 heavy (non-hydrogen) atoms. The molecule has 0 aliphatic rings. The number of ether oxygens (including phenoxy) is 1. The van der Waals surface area contributed by atoms with Crippen LogP contribution in [0.25, 0.3) is 0 Å². The Morgan fingerprint density at radius 2 is 1.36 bits per heavy atom. The summed E-state index contributed by atoms with van der Waals surface area (Å²) in [5.41, 5.74) is -0.0893. The van der Waals surface area contributed by atoms with Crippen LogP contribution in [0.4, 0.5) is 4.79 Å². The number of benzene rings is 2. The maximum absolute atomic E-state index is 12.8. The summed E-state index contributed by atoms with van der Waals surface area (Å²) in [6.45, 7) is 6.61. The zero-order valence-electron chi connectivity index (χ0n) is 13.2. The lowest BCUT2D eigenvalue weighted by atomic mass is 10.2. The summed E-state index contributed by atoms with van der Waals surface area (Å²) >= 11 is 0. The van der Waals surface area contributed by atoms with E-state index >= 15 is 0 Å². The minimum atomic E-state index is -2.18. The molecular formula is C18H22IO2P. The van der Waals surface area contributed by atoms with Crippen LogP contribution in [0.2, 0.25) is 0 Å². The largest absolute Gasteiger partial charge is 1.00 e. The van der Waals surface area contributed by atoms with Crippen LogP contribution < -0.4 is 34.6 Å². The fourth-order valence-electron chi connectivity index (χ4n) is 2.18. The number of carbonyl (C=O) groups is 1. The first-order chi connectivity index (χ1) is 10.0. The van der Waals surface area contributed by atoms with Crippen molar-refractivity contribution in [1.82, 2.24) is 0 Å². The van der Waals surface area contributed by atoms with Crippen LogP contribution in [-0.2, 0) is 4.74 Å².